The average Bonchev–Trinajstić information content (AvgIpc) is 3.92. The van der Waals surface area contributed by atoms with E-state index in [2.05, 4.69) is 73.7 Å². The molecule has 0 amide bonds. The van der Waals surface area contributed by atoms with Crippen LogP contribution in [0.2, 0.25) is 0 Å². The molecule has 0 N–H and O–H groups in total. The summed E-state index contributed by atoms with van der Waals surface area (Å²) in [7, 11) is 0. The zero-order valence-corrected chi connectivity index (χ0v) is 34.7. The van der Waals surface area contributed by atoms with Crippen LogP contribution < -0.4 is 0 Å². The van der Waals surface area contributed by atoms with E-state index in [0.29, 0.717) is 0 Å². The van der Waals surface area contributed by atoms with E-state index in [-0.39, 0.29) is 0 Å². The van der Waals surface area contributed by atoms with Gasteiger partial charge in [-0.3, -0.25) is 0 Å². The number of unbranched alkanes of at least 4 members (excludes halogenated alkanes) is 16. The molecular weight excluding hydrogens is 709 g/mol. The van der Waals surface area contributed by atoms with Gasteiger partial charge in [0.15, 0.2) is 0 Å². The molecule has 7 rings (SSSR count). The number of benzene rings is 3. The van der Waals surface area contributed by atoms with E-state index < -0.39 is 0 Å². The maximum atomic E-state index is 5.82. The smallest absolute Gasteiger partial charge is 0.0716 e. The van der Waals surface area contributed by atoms with Gasteiger partial charge < -0.3 is 4.74 Å². The Bertz CT molecular complexity index is 2110. The van der Waals surface area contributed by atoms with E-state index in [4.69, 9.17) is 4.74 Å². The van der Waals surface area contributed by atoms with Crippen LogP contribution >= 0.6 is 45.3 Å². The van der Waals surface area contributed by atoms with E-state index >= 15 is 0 Å². The maximum absolute atomic E-state index is 5.82. The van der Waals surface area contributed by atoms with Crippen LogP contribution in [0, 0.1) is 0 Å². The Morgan fingerprint density at radius 3 is 1.40 bits per heavy atom. The van der Waals surface area contributed by atoms with E-state index in [1.807, 2.05) is 45.3 Å². The van der Waals surface area contributed by atoms with Crippen molar-refractivity contribution in [2.45, 2.75) is 142 Å². The topological polar surface area (TPSA) is 9.23 Å². The van der Waals surface area contributed by atoms with Gasteiger partial charge in [0, 0.05) is 45.9 Å². The lowest BCUT2D eigenvalue weighted by molar-refractivity contribution is 0.116. The highest BCUT2D eigenvalue weighted by Crippen LogP contribution is 2.47. The van der Waals surface area contributed by atoms with Gasteiger partial charge in [0.25, 0.3) is 0 Å². The second-order valence-corrected chi connectivity index (χ2v) is 19.5. The van der Waals surface area contributed by atoms with Crippen molar-refractivity contribution < 1.29 is 4.74 Å². The van der Waals surface area contributed by atoms with Crippen LogP contribution in [0.15, 0.2) is 66.7 Å². The molecule has 0 fully saturated rings. The van der Waals surface area contributed by atoms with Crippen molar-refractivity contribution in [1.29, 1.82) is 0 Å². The molecule has 0 aliphatic rings. The van der Waals surface area contributed by atoms with E-state index in [1.54, 1.807) is 9.75 Å². The Hall–Kier alpha value is -2.28. The normalized spacial score (nSPS) is 12.2. The van der Waals surface area contributed by atoms with Crippen LogP contribution in [-0.2, 0) is 24.2 Å². The molecule has 4 heterocycles. The monoisotopic (exact) mass is 766 g/mol. The first-order valence-electron chi connectivity index (χ1n) is 20.6. The van der Waals surface area contributed by atoms with Crippen LogP contribution in [0.25, 0.3) is 49.7 Å². The summed E-state index contributed by atoms with van der Waals surface area (Å²) >= 11 is 8.10. The van der Waals surface area contributed by atoms with Crippen molar-refractivity contribution >= 4 is 95.1 Å². The van der Waals surface area contributed by atoms with Gasteiger partial charge in [0.1, 0.15) is 0 Å². The van der Waals surface area contributed by atoms with Crippen molar-refractivity contribution in [2.75, 3.05) is 6.61 Å². The zero-order valence-electron chi connectivity index (χ0n) is 31.4. The van der Waals surface area contributed by atoms with Gasteiger partial charge in [-0.05, 0) is 84.8 Å². The SMILES string of the molecule is CCCCCCCCCCc1cc2cc3c(cc2s1)sc1c2cc4cc(CCCCCCCCCCCCOCc5ccccc5)sc4cc2sc31. The molecule has 0 saturated carbocycles. The number of ether oxygens (including phenoxy) is 1. The highest BCUT2D eigenvalue weighted by atomic mass is 32.1. The first-order chi connectivity index (χ1) is 25.7. The standard InChI is InChI=1S/C47H58OS4/c1-2-3-4-5-6-11-14-20-25-38-28-36-30-40-44(32-42(36)49-38)51-47-41-31-37-29-39(50-43(37)33-45(41)52-46(40)47)26-21-15-12-9-7-8-10-13-16-22-27-48-34-35-23-18-17-19-24-35/h17-19,23-24,28-33H,2-16,20-22,25-27,34H2,1H3. The number of rotatable bonds is 24. The highest BCUT2D eigenvalue weighted by molar-refractivity contribution is 7.37. The minimum absolute atomic E-state index is 0.748. The molecule has 1 nitrogen and oxygen atoms in total. The maximum Gasteiger partial charge on any atom is 0.0716 e. The van der Waals surface area contributed by atoms with Crippen molar-refractivity contribution in [3.05, 3.63) is 82.0 Å². The Morgan fingerprint density at radius 2 is 0.904 bits per heavy atom. The van der Waals surface area contributed by atoms with Gasteiger partial charge in [-0.15, -0.1) is 45.3 Å². The van der Waals surface area contributed by atoms with E-state index in [0.717, 1.165) is 13.2 Å². The van der Waals surface area contributed by atoms with Gasteiger partial charge in [-0.1, -0.05) is 134 Å². The van der Waals surface area contributed by atoms with E-state index in [1.165, 1.54) is 184 Å². The van der Waals surface area contributed by atoms with Gasteiger partial charge in [-0.2, -0.15) is 0 Å². The molecule has 0 unspecified atom stereocenters. The summed E-state index contributed by atoms with van der Waals surface area (Å²) < 4.78 is 14.7. The zero-order chi connectivity index (χ0) is 35.4. The van der Waals surface area contributed by atoms with Crippen molar-refractivity contribution in [1.82, 2.24) is 0 Å². The summed E-state index contributed by atoms with van der Waals surface area (Å²) in [6.45, 7) is 3.94. The Kier molecular flexibility index (Phi) is 14.5. The molecular formula is C47H58OS4. The summed E-state index contributed by atoms with van der Waals surface area (Å²) in [5.74, 6) is 0. The molecule has 7 aromatic rings. The van der Waals surface area contributed by atoms with Gasteiger partial charge in [-0.25, -0.2) is 0 Å². The summed E-state index contributed by atoms with van der Waals surface area (Å²) in [6.07, 6.45) is 27.1. The lowest BCUT2D eigenvalue weighted by Crippen LogP contribution is -1.95. The molecule has 0 saturated heterocycles. The number of hydrogen-bond acceptors (Lipinski definition) is 5. The third-order valence-corrected chi connectivity index (χ3v) is 15.6. The van der Waals surface area contributed by atoms with Crippen molar-refractivity contribution in [2.24, 2.45) is 0 Å². The second kappa shape index (κ2) is 19.9. The molecule has 0 aliphatic heterocycles. The highest BCUT2D eigenvalue weighted by Gasteiger charge is 2.16. The van der Waals surface area contributed by atoms with Gasteiger partial charge in [0.2, 0.25) is 0 Å². The first kappa shape index (κ1) is 38.0. The van der Waals surface area contributed by atoms with Crippen LogP contribution in [0.5, 0.6) is 0 Å². The lowest BCUT2D eigenvalue weighted by atomic mass is 10.1. The number of thiophene rings is 4. The van der Waals surface area contributed by atoms with Gasteiger partial charge in [0.05, 0.1) is 16.0 Å². The van der Waals surface area contributed by atoms with Crippen molar-refractivity contribution in [3.8, 4) is 0 Å². The predicted octanol–water partition coefficient (Wildman–Crippen LogP) is 17.0. The molecule has 52 heavy (non-hydrogen) atoms. The predicted molar refractivity (Wildman–Crippen MR) is 238 cm³/mol. The van der Waals surface area contributed by atoms with Crippen molar-refractivity contribution in [3.63, 3.8) is 0 Å². The third kappa shape index (κ3) is 10.3. The fourth-order valence-electron chi connectivity index (χ4n) is 7.80. The summed E-state index contributed by atoms with van der Waals surface area (Å²) in [5, 5.41) is 5.82. The summed E-state index contributed by atoms with van der Waals surface area (Å²) in [5.41, 5.74) is 1.27. The second-order valence-electron chi connectivity index (χ2n) is 15.1. The van der Waals surface area contributed by atoms with E-state index in [9.17, 15) is 0 Å². The third-order valence-electron chi connectivity index (χ3n) is 10.8. The summed E-state index contributed by atoms with van der Waals surface area (Å²) in [4.78, 5) is 3.14. The number of fused-ring (bicyclic) bond motifs is 7. The molecule has 0 bridgehead atoms. The molecule has 3 aromatic carbocycles. The van der Waals surface area contributed by atoms with Crippen LogP contribution in [0.4, 0.5) is 0 Å². The summed E-state index contributed by atoms with van der Waals surface area (Å²) in [6, 6.07) is 25.5. The molecule has 4 aromatic heterocycles. The fourth-order valence-corrected chi connectivity index (χ4v) is 12.9. The van der Waals surface area contributed by atoms with Crippen LogP contribution in [0.3, 0.4) is 0 Å². The number of aryl methyl sites for hydroxylation is 2. The molecule has 5 heteroatoms. The Labute approximate surface area is 328 Å². The molecule has 0 spiro atoms. The minimum atomic E-state index is 0.748. The Morgan fingerprint density at radius 1 is 0.442 bits per heavy atom. The first-order valence-corrected chi connectivity index (χ1v) is 23.9. The minimum Gasteiger partial charge on any atom is -0.377 e. The molecule has 0 aliphatic carbocycles. The molecule has 0 atom stereocenters. The Balaban J connectivity index is 0.825. The fraction of sp³-hybridized carbons (Fsp3) is 0.489. The number of hydrogen-bond donors (Lipinski definition) is 0. The molecule has 0 radical (unpaired) electrons. The lowest BCUT2D eigenvalue weighted by Gasteiger charge is -2.05. The molecule has 276 valence electrons. The van der Waals surface area contributed by atoms with Crippen LogP contribution in [-0.4, -0.2) is 6.61 Å². The van der Waals surface area contributed by atoms with Gasteiger partial charge >= 0.3 is 0 Å². The van der Waals surface area contributed by atoms with Crippen LogP contribution in [0.1, 0.15) is 138 Å². The average molecular weight is 767 g/mol. The quantitative estimate of drug-likeness (QED) is 0.0557. The largest absolute Gasteiger partial charge is 0.377 e.